The average molecular weight is 393 g/mol. The molecule has 158 valence electrons. The lowest BCUT2D eigenvalue weighted by Gasteiger charge is -2.26. The summed E-state index contributed by atoms with van der Waals surface area (Å²) in [5, 5.41) is 11.6. The third-order valence-electron chi connectivity index (χ3n) is 5.77. The molecule has 2 atom stereocenters. The first-order valence-corrected chi connectivity index (χ1v) is 10.7. The normalized spacial score (nSPS) is 21.5. The fourth-order valence-corrected chi connectivity index (χ4v) is 4.39. The van der Waals surface area contributed by atoms with Crippen LogP contribution in [0.25, 0.3) is 0 Å². The topological polar surface area (TPSA) is 85.6 Å². The number of hydrogen-bond acceptors (Lipinski definition) is 5. The maximum absolute atomic E-state index is 6.02. The highest BCUT2D eigenvalue weighted by atomic mass is 16.5. The van der Waals surface area contributed by atoms with Crippen molar-refractivity contribution >= 4 is 5.96 Å². The maximum atomic E-state index is 6.02. The van der Waals surface area contributed by atoms with E-state index < -0.39 is 0 Å². The summed E-state index contributed by atoms with van der Waals surface area (Å²) in [6.45, 7) is 5.02. The minimum absolute atomic E-state index is 0.299. The van der Waals surface area contributed by atoms with Gasteiger partial charge in [0, 0.05) is 39.8 Å². The van der Waals surface area contributed by atoms with E-state index in [1.54, 1.807) is 7.11 Å². The molecule has 0 bridgehead atoms. The molecule has 1 aromatic rings. The van der Waals surface area contributed by atoms with Crippen molar-refractivity contribution in [1.82, 2.24) is 25.4 Å². The number of nitrogens with zero attached hydrogens (tertiary/aromatic N) is 4. The number of nitrogens with one attached hydrogen (secondary N) is 2. The van der Waals surface area contributed by atoms with Gasteiger partial charge in [0.2, 0.25) is 0 Å². The summed E-state index contributed by atoms with van der Waals surface area (Å²) < 4.78 is 13.2. The summed E-state index contributed by atoms with van der Waals surface area (Å²) in [6, 6.07) is 0.299. The fraction of sp³-hybridized carbons (Fsp3) is 0.850. The third kappa shape index (κ3) is 5.67. The number of ether oxygens (including phenoxy) is 2. The van der Waals surface area contributed by atoms with Crippen LogP contribution in [0.1, 0.15) is 57.1 Å². The molecule has 28 heavy (non-hydrogen) atoms. The quantitative estimate of drug-likeness (QED) is 0.493. The predicted molar refractivity (Wildman–Crippen MR) is 109 cm³/mol. The summed E-state index contributed by atoms with van der Waals surface area (Å²) >= 11 is 0. The molecule has 1 aromatic heterocycles. The minimum Gasteiger partial charge on any atom is -0.378 e. The molecule has 8 heteroatoms. The molecular formula is C20H36N6O2. The molecule has 0 radical (unpaired) electrons. The molecule has 0 spiro atoms. The molecule has 0 amide bonds. The molecule has 1 aliphatic carbocycles. The van der Waals surface area contributed by atoms with Gasteiger partial charge in [-0.15, -0.1) is 0 Å². The molecule has 1 aliphatic heterocycles. The van der Waals surface area contributed by atoms with E-state index >= 15 is 0 Å². The molecule has 1 fully saturated rings. The number of aliphatic imine (C=N–C) groups is 1. The van der Waals surface area contributed by atoms with E-state index in [9.17, 15) is 0 Å². The first kappa shape index (κ1) is 21.0. The molecule has 3 rings (SSSR count). The highest BCUT2D eigenvalue weighted by Gasteiger charge is 2.26. The van der Waals surface area contributed by atoms with Crippen LogP contribution in [0, 0.1) is 5.92 Å². The first-order valence-electron chi connectivity index (χ1n) is 10.7. The highest BCUT2D eigenvalue weighted by molar-refractivity contribution is 5.79. The van der Waals surface area contributed by atoms with E-state index in [4.69, 9.17) is 9.47 Å². The molecule has 0 saturated heterocycles. The van der Waals surface area contributed by atoms with Gasteiger partial charge in [0.25, 0.3) is 0 Å². The Bertz CT molecular complexity index is 626. The van der Waals surface area contributed by atoms with Crippen LogP contribution in [-0.2, 0) is 29.0 Å². The molecule has 1 saturated carbocycles. The van der Waals surface area contributed by atoms with Gasteiger partial charge in [-0.3, -0.25) is 4.99 Å². The zero-order valence-electron chi connectivity index (χ0n) is 17.6. The second-order valence-electron chi connectivity index (χ2n) is 7.77. The second-order valence-corrected chi connectivity index (χ2v) is 7.77. The van der Waals surface area contributed by atoms with Crippen molar-refractivity contribution in [2.75, 3.05) is 27.3 Å². The fourth-order valence-electron chi connectivity index (χ4n) is 4.39. The van der Waals surface area contributed by atoms with E-state index in [0.29, 0.717) is 18.8 Å². The van der Waals surface area contributed by atoms with E-state index in [0.717, 1.165) is 62.5 Å². The van der Waals surface area contributed by atoms with Crippen LogP contribution in [0.4, 0.5) is 0 Å². The van der Waals surface area contributed by atoms with Crippen molar-refractivity contribution in [3.63, 3.8) is 0 Å². The van der Waals surface area contributed by atoms with Gasteiger partial charge in [0.05, 0.1) is 12.6 Å². The average Bonchev–Trinajstić information content (AvgIpc) is 3.36. The van der Waals surface area contributed by atoms with Crippen molar-refractivity contribution in [2.24, 2.45) is 10.9 Å². The van der Waals surface area contributed by atoms with Gasteiger partial charge in [-0.05, 0) is 38.5 Å². The Morgan fingerprint density at radius 2 is 2.14 bits per heavy atom. The number of rotatable bonds is 9. The molecule has 2 N–H and O–H groups in total. The summed E-state index contributed by atoms with van der Waals surface area (Å²) in [6.07, 6.45) is 8.65. The summed E-state index contributed by atoms with van der Waals surface area (Å²) in [5.74, 6) is 3.38. The number of aromatic nitrogens is 3. The van der Waals surface area contributed by atoms with Crippen LogP contribution in [0.5, 0.6) is 0 Å². The van der Waals surface area contributed by atoms with E-state index in [2.05, 4.69) is 32.6 Å². The van der Waals surface area contributed by atoms with E-state index in [1.807, 2.05) is 11.7 Å². The van der Waals surface area contributed by atoms with Crippen molar-refractivity contribution < 1.29 is 9.47 Å². The number of hydrogen-bond donors (Lipinski definition) is 2. The lowest BCUT2D eigenvalue weighted by atomic mass is 9.98. The molecule has 2 aliphatic rings. The second kappa shape index (κ2) is 10.8. The lowest BCUT2D eigenvalue weighted by molar-refractivity contribution is 0.0169. The minimum atomic E-state index is 0.299. The van der Waals surface area contributed by atoms with Crippen molar-refractivity contribution in [3.8, 4) is 0 Å². The van der Waals surface area contributed by atoms with Gasteiger partial charge in [0.1, 0.15) is 12.4 Å². The SMILES string of the molecule is CCOC(CCNC(=NC)NC1CCc2nc(COC)nn2C1)C1CCCC1. The Morgan fingerprint density at radius 1 is 1.32 bits per heavy atom. The summed E-state index contributed by atoms with van der Waals surface area (Å²) in [4.78, 5) is 8.94. The van der Waals surface area contributed by atoms with Gasteiger partial charge in [-0.25, -0.2) is 9.67 Å². The zero-order chi connectivity index (χ0) is 19.8. The van der Waals surface area contributed by atoms with Crippen molar-refractivity contribution in [1.29, 1.82) is 0 Å². The Kier molecular flexibility index (Phi) is 8.09. The Hall–Kier alpha value is -1.67. The first-order chi connectivity index (χ1) is 13.7. The van der Waals surface area contributed by atoms with Crippen LogP contribution in [-0.4, -0.2) is 60.2 Å². The van der Waals surface area contributed by atoms with Crippen LogP contribution in [0.15, 0.2) is 4.99 Å². The lowest BCUT2D eigenvalue weighted by Crippen LogP contribution is -2.47. The third-order valence-corrected chi connectivity index (χ3v) is 5.77. The monoisotopic (exact) mass is 392 g/mol. The molecular weight excluding hydrogens is 356 g/mol. The van der Waals surface area contributed by atoms with Crippen LogP contribution >= 0.6 is 0 Å². The van der Waals surface area contributed by atoms with Gasteiger partial charge >= 0.3 is 0 Å². The standard InChI is InChI=1S/C20H36N6O2/c1-4-28-17(15-7-5-6-8-15)11-12-22-20(21-2)23-16-9-10-19-24-18(14-27-3)25-26(19)13-16/h15-17H,4-14H2,1-3H3,(H2,21,22,23). The van der Waals surface area contributed by atoms with E-state index in [1.165, 1.54) is 25.7 Å². The molecule has 8 nitrogen and oxygen atoms in total. The summed E-state index contributed by atoms with van der Waals surface area (Å²) in [7, 11) is 3.50. The van der Waals surface area contributed by atoms with Gasteiger partial charge in [-0.2, -0.15) is 5.10 Å². The van der Waals surface area contributed by atoms with Gasteiger partial charge in [-0.1, -0.05) is 12.8 Å². The largest absolute Gasteiger partial charge is 0.378 e. The van der Waals surface area contributed by atoms with Crippen molar-refractivity contribution in [3.05, 3.63) is 11.6 Å². The Morgan fingerprint density at radius 3 is 2.86 bits per heavy atom. The zero-order valence-corrected chi connectivity index (χ0v) is 17.6. The van der Waals surface area contributed by atoms with Crippen LogP contribution in [0.3, 0.4) is 0 Å². The smallest absolute Gasteiger partial charge is 0.191 e. The molecule has 2 unspecified atom stereocenters. The van der Waals surface area contributed by atoms with Crippen LogP contribution < -0.4 is 10.6 Å². The predicted octanol–water partition coefficient (Wildman–Crippen LogP) is 1.89. The van der Waals surface area contributed by atoms with Crippen LogP contribution in [0.2, 0.25) is 0 Å². The Balaban J connectivity index is 1.45. The maximum Gasteiger partial charge on any atom is 0.191 e. The van der Waals surface area contributed by atoms with Crippen molar-refractivity contribution in [2.45, 2.75) is 77.2 Å². The molecule has 0 aromatic carbocycles. The number of methoxy groups -OCH3 is 1. The van der Waals surface area contributed by atoms with Gasteiger partial charge < -0.3 is 20.1 Å². The van der Waals surface area contributed by atoms with Gasteiger partial charge in [0.15, 0.2) is 11.8 Å². The Labute approximate surface area is 168 Å². The summed E-state index contributed by atoms with van der Waals surface area (Å²) in [5.41, 5.74) is 0. The number of aryl methyl sites for hydroxylation is 1. The molecule has 2 heterocycles. The highest BCUT2D eigenvalue weighted by Crippen LogP contribution is 2.30. The number of fused-ring (bicyclic) bond motifs is 1. The van der Waals surface area contributed by atoms with E-state index in [-0.39, 0.29) is 0 Å². The number of guanidine groups is 1.